The standard InChI is InChI=1S/C21H26N6O4S/c1-31-17-6-4-5-16(13-17)15-23-21(28)22-9-12-27-20-8-7-18(14-19(20)24-25-27)32(29,30)26-10-2-3-11-26/h4-8,13-14H,2-3,9-12,15H2,1H3,(H2,22,23,28). The van der Waals surface area contributed by atoms with Crippen LogP contribution in [0.25, 0.3) is 11.0 Å². The van der Waals surface area contributed by atoms with Gasteiger partial charge >= 0.3 is 6.03 Å². The molecule has 0 saturated carbocycles. The molecule has 1 saturated heterocycles. The van der Waals surface area contributed by atoms with E-state index in [-0.39, 0.29) is 10.9 Å². The molecule has 2 aromatic carbocycles. The van der Waals surface area contributed by atoms with Crippen LogP contribution in [0.4, 0.5) is 4.79 Å². The van der Waals surface area contributed by atoms with Crippen LogP contribution in [0.15, 0.2) is 47.4 Å². The minimum absolute atomic E-state index is 0.231. The van der Waals surface area contributed by atoms with Crippen molar-refractivity contribution < 1.29 is 17.9 Å². The molecule has 170 valence electrons. The number of carbonyl (C=O) groups excluding carboxylic acids is 1. The molecule has 1 fully saturated rings. The van der Waals surface area contributed by atoms with Crippen LogP contribution in [0.3, 0.4) is 0 Å². The van der Waals surface area contributed by atoms with Crippen LogP contribution >= 0.6 is 0 Å². The Morgan fingerprint density at radius 3 is 2.72 bits per heavy atom. The maximum Gasteiger partial charge on any atom is 0.315 e. The van der Waals surface area contributed by atoms with Crippen molar-refractivity contribution in [3.05, 3.63) is 48.0 Å². The number of nitrogens with one attached hydrogen (secondary N) is 2. The molecule has 3 aromatic rings. The lowest BCUT2D eigenvalue weighted by Crippen LogP contribution is -2.36. The van der Waals surface area contributed by atoms with E-state index in [2.05, 4.69) is 20.9 Å². The first kappa shape index (κ1) is 22.0. The van der Waals surface area contributed by atoms with E-state index in [0.717, 1.165) is 24.2 Å². The van der Waals surface area contributed by atoms with E-state index in [0.29, 0.717) is 43.8 Å². The summed E-state index contributed by atoms with van der Waals surface area (Å²) in [6.07, 6.45) is 1.77. The van der Waals surface area contributed by atoms with Crippen LogP contribution in [-0.2, 0) is 23.1 Å². The summed E-state index contributed by atoms with van der Waals surface area (Å²) >= 11 is 0. The summed E-state index contributed by atoms with van der Waals surface area (Å²) in [5.74, 6) is 0.735. The zero-order valence-electron chi connectivity index (χ0n) is 17.8. The summed E-state index contributed by atoms with van der Waals surface area (Å²) in [6.45, 7) is 2.23. The molecular weight excluding hydrogens is 432 g/mol. The zero-order valence-corrected chi connectivity index (χ0v) is 18.6. The van der Waals surface area contributed by atoms with Gasteiger partial charge in [0.05, 0.1) is 24.1 Å². The van der Waals surface area contributed by atoms with Crippen LogP contribution in [0, 0.1) is 0 Å². The summed E-state index contributed by atoms with van der Waals surface area (Å²) in [5, 5.41) is 13.8. The minimum Gasteiger partial charge on any atom is -0.497 e. The molecule has 2 N–H and O–H groups in total. The number of hydrogen-bond donors (Lipinski definition) is 2. The summed E-state index contributed by atoms with van der Waals surface area (Å²) in [6, 6.07) is 12.0. The third-order valence-electron chi connectivity index (χ3n) is 5.38. The molecular formula is C21H26N6O4S. The van der Waals surface area contributed by atoms with Crippen molar-refractivity contribution >= 4 is 27.1 Å². The van der Waals surface area contributed by atoms with Crippen molar-refractivity contribution in [2.45, 2.75) is 30.8 Å². The van der Waals surface area contributed by atoms with Crippen LogP contribution in [0.1, 0.15) is 18.4 Å². The van der Waals surface area contributed by atoms with Gasteiger partial charge in [-0.2, -0.15) is 4.31 Å². The molecule has 0 bridgehead atoms. The molecule has 11 heteroatoms. The highest BCUT2D eigenvalue weighted by Crippen LogP contribution is 2.23. The van der Waals surface area contributed by atoms with Gasteiger partial charge in [0.15, 0.2) is 0 Å². The van der Waals surface area contributed by atoms with Crippen molar-refractivity contribution in [2.75, 3.05) is 26.7 Å². The molecule has 1 aliphatic heterocycles. The van der Waals surface area contributed by atoms with Crippen molar-refractivity contribution in [3.63, 3.8) is 0 Å². The van der Waals surface area contributed by atoms with Gasteiger partial charge in [0.1, 0.15) is 11.3 Å². The number of carbonyl (C=O) groups is 1. The Morgan fingerprint density at radius 2 is 1.94 bits per heavy atom. The largest absolute Gasteiger partial charge is 0.497 e. The highest BCUT2D eigenvalue weighted by Gasteiger charge is 2.27. The van der Waals surface area contributed by atoms with Gasteiger partial charge < -0.3 is 15.4 Å². The van der Waals surface area contributed by atoms with Crippen molar-refractivity contribution in [1.29, 1.82) is 0 Å². The van der Waals surface area contributed by atoms with E-state index in [1.165, 1.54) is 4.31 Å². The number of sulfonamides is 1. The minimum atomic E-state index is -3.50. The maximum absolute atomic E-state index is 12.7. The molecule has 0 atom stereocenters. The average Bonchev–Trinajstić information content (AvgIpc) is 3.48. The lowest BCUT2D eigenvalue weighted by atomic mass is 10.2. The second kappa shape index (κ2) is 9.53. The van der Waals surface area contributed by atoms with E-state index < -0.39 is 10.0 Å². The van der Waals surface area contributed by atoms with Gasteiger partial charge in [-0.05, 0) is 48.7 Å². The third-order valence-corrected chi connectivity index (χ3v) is 7.28. The maximum atomic E-state index is 12.7. The Labute approximate surface area is 186 Å². The molecule has 1 aliphatic rings. The summed E-state index contributed by atoms with van der Waals surface area (Å²) in [7, 11) is -1.90. The van der Waals surface area contributed by atoms with Gasteiger partial charge in [-0.1, -0.05) is 17.3 Å². The zero-order chi connectivity index (χ0) is 22.6. The number of fused-ring (bicyclic) bond motifs is 1. The third kappa shape index (κ3) is 4.83. The predicted molar refractivity (Wildman–Crippen MR) is 119 cm³/mol. The van der Waals surface area contributed by atoms with E-state index >= 15 is 0 Å². The van der Waals surface area contributed by atoms with Gasteiger partial charge in [0, 0.05) is 26.2 Å². The average molecular weight is 459 g/mol. The molecule has 0 aliphatic carbocycles. The number of ether oxygens (including phenoxy) is 1. The second-order valence-corrected chi connectivity index (χ2v) is 9.47. The fourth-order valence-electron chi connectivity index (χ4n) is 3.66. The topological polar surface area (TPSA) is 118 Å². The predicted octanol–water partition coefficient (Wildman–Crippen LogP) is 1.72. The van der Waals surface area contributed by atoms with Crippen LogP contribution in [0.2, 0.25) is 0 Å². The number of benzene rings is 2. The monoisotopic (exact) mass is 458 g/mol. The van der Waals surface area contributed by atoms with E-state index in [9.17, 15) is 13.2 Å². The van der Waals surface area contributed by atoms with E-state index in [4.69, 9.17) is 4.74 Å². The van der Waals surface area contributed by atoms with Gasteiger partial charge in [-0.3, -0.25) is 0 Å². The van der Waals surface area contributed by atoms with Crippen LogP contribution < -0.4 is 15.4 Å². The smallest absolute Gasteiger partial charge is 0.315 e. The molecule has 0 radical (unpaired) electrons. The highest BCUT2D eigenvalue weighted by atomic mass is 32.2. The second-order valence-electron chi connectivity index (χ2n) is 7.54. The van der Waals surface area contributed by atoms with Crippen LogP contribution in [0.5, 0.6) is 5.75 Å². The van der Waals surface area contributed by atoms with E-state index in [1.54, 1.807) is 30.0 Å². The summed E-state index contributed by atoms with van der Waals surface area (Å²) in [5.41, 5.74) is 2.15. The fourth-order valence-corrected chi connectivity index (χ4v) is 5.20. The Morgan fingerprint density at radius 1 is 1.12 bits per heavy atom. The van der Waals surface area contributed by atoms with Gasteiger partial charge in [-0.15, -0.1) is 5.10 Å². The summed E-state index contributed by atoms with van der Waals surface area (Å²) < 4.78 is 33.8. The van der Waals surface area contributed by atoms with Crippen molar-refractivity contribution in [2.24, 2.45) is 0 Å². The summed E-state index contributed by atoms with van der Waals surface area (Å²) in [4.78, 5) is 12.3. The SMILES string of the molecule is COc1cccc(CNC(=O)NCCn2nnc3cc(S(=O)(=O)N4CCCC4)ccc32)c1. The first-order valence-electron chi connectivity index (χ1n) is 10.5. The number of aromatic nitrogens is 3. The molecule has 2 amide bonds. The lowest BCUT2D eigenvalue weighted by Gasteiger charge is -2.15. The van der Waals surface area contributed by atoms with Crippen LogP contribution in [-0.4, -0.2) is 60.5 Å². The molecule has 1 aromatic heterocycles. The normalized spacial score (nSPS) is 14.5. The number of amides is 2. The van der Waals surface area contributed by atoms with Crippen molar-refractivity contribution in [1.82, 2.24) is 29.9 Å². The number of hydrogen-bond acceptors (Lipinski definition) is 6. The first-order valence-corrected chi connectivity index (χ1v) is 11.9. The van der Waals surface area contributed by atoms with Gasteiger partial charge in [0.25, 0.3) is 0 Å². The lowest BCUT2D eigenvalue weighted by molar-refractivity contribution is 0.240. The fraction of sp³-hybridized carbons (Fsp3) is 0.381. The molecule has 32 heavy (non-hydrogen) atoms. The molecule has 2 heterocycles. The van der Waals surface area contributed by atoms with Crippen molar-refractivity contribution in [3.8, 4) is 5.75 Å². The van der Waals surface area contributed by atoms with Gasteiger partial charge in [-0.25, -0.2) is 17.9 Å². The highest BCUT2D eigenvalue weighted by molar-refractivity contribution is 7.89. The number of nitrogens with zero attached hydrogens (tertiary/aromatic N) is 4. The number of urea groups is 1. The number of rotatable bonds is 8. The molecule has 4 rings (SSSR count). The molecule has 0 spiro atoms. The molecule has 0 unspecified atom stereocenters. The number of methoxy groups -OCH3 is 1. The Balaban J connectivity index is 1.32. The molecule has 10 nitrogen and oxygen atoms in total. The Hall–Kier alpha value is -3.18. The Kier molecular flexibility index (Phi) is 6.56. The van der Waals surface area contributed by atoms with Gasteiger partial charge in [0.2, 0.25) is 10.0 Å². The van der Waals surface area contributed by atoms with E-state index in [1.807, 2.05) is 24.3 Å². The Bertz CT molecular complexity index is 1200. The first-order chi connectivity index (χ1) is 15.5. The quantitative estimate of drug-likeness (QED) is 0.531.